The second-order valence-electron chi connectivity index (χ2n) is 6.26. The summed E-state index contributed by atoms with van der Waals surface area (Å²) in [6, 6.07) is 18.8. The van der Waals surface area contributed by atoms with Crippen LogP contribution >= 0.6 is 34.8 Å². The standard InChI is InChI=1S/C21H16Cl3N3O3S/c22-16-8-10-19(11-9-16)31(29,30)27(18-4-2-1-3-5-18)14-21(28)26-25-13-15-6-7-17(23)12-20(15)24/h1-13H,14H2,(H,26,28)/b25-13-. The summed E-state index contributed by atoms with van der Waals surface area (Å²) in [6.45, 7) is -0.485. The van der Waals surface area contributed by atoms with Crippen molar-refractivity contribution in [1.82, 2.24) is 5.43 Å². The van der Waals surface area contributed by atoms with Crippen molar-refractivity contribution in [2.24, 2.45) is 5.10 Å². The molecule has 0 radical (unpaired) electrons. The number of carbonyl (C=O) groups is 1. The summed E-state index contributed by atoms with van der Waals surface area (Å²) in [6.07, 6.45) is 1.34. The van der Waals surface area contributed by atoms with Crippen molar-refractivity contribution in [1.29, 1.82) is 0 Å². The number of hydrogen-bond donors (Lipinski definition) is 1. The predicted molar refractivity (Wildman–Crippen MR) is 125 cm³/mol. The van der Waals surface area contributed by atoms with Crippen LogP contribution in [0.3, 0.4) is 0 Å². The molecule has 0 heterocycles. The molecule has 3 aromatic rings. The number of rotatable bonds is 7. The third-order valence-corrected chi connectivity index (χ3v) is 6.69. The van der Waals surface area contributed by atoms with Gasteiger partial charge in [-0.05, 0) is 48.5 Å². The second kappa shape index (κ2) is 10.2. The Labute approximate surface area is 195 Å². The number of benzene rings is 3. The number of hydrazone groups is 1. The van der Waals surface area contributed by atoms with Gasteiger partial charge in [-0.1, -0.05) is 59.1 Å². The lowest BCUT2D eigenvalue weighted by Gasteiger charge is -2.23. The summed E-state index contributed by atoms with van der Waals surface area (Å²) < 4.78 is 27.4. The van der Waals surface area contributed by atoms with Crippen molar-refractivity contribution in [3.05, 3.63) is 93.4 Å². The zero-order valence-corrected chi connectivity index (χ0v) is 19.0. The van der Waals surface area contributed by atoms with Crippen LogP contribution in [0.5, 0.6) is 0 Å². The molecule has 0 spiro atoms. The third-order valence-electron chi connectivity index (χ3n) is 4.09. The van der Waals surface area contributed by atoms with E-state index in [-0.39, 0.29) is 4.90 Å². The summed E-state index contributed by atoms with van der Waals surface area (Å²) >= 11 is 17.8. The van der Waals surface area contributed by atoms with E-state index in [1.807, 2.05) is 0 Å². The highest BCUT2D eigenvalue weighted by Gasteiger charge is 2.27. The molecule has 0 saturated carbocycles. The van der Waals surface area contributed by atoms with Gasteiger partial charge in [-0.2, -0.15) is 5.10 Å². The van der Waals surface area contributed by atoms with Crippen molar-refractivity contribution in [2.75, 3.05) is 10.8 Å². The first-order chi connectivity index (χ1) is 14.8. The van der Waals surface area contributed by atoms with Crippen LogP contribution in [0, 0.1) is 0 Å². The van der Waals surface area contributed by atoms with Gasteiger partial charge in [0.1, 0.15) is 6.54 Å². The SMILES string of the molecule is O=C(CN(c1ccccc1)S(=O)(=O)c1ccc(Cl)cc1)N/N=C\c1ccc(Cl)cc1Cl. The summed E-state index contributed by atoms with van der Waals surface area (Å²) in [5.74, 6) is -0.636. The second-order valence-corrected chi connectivity index (χ2v) is 9.40. The van der Waals surface area contributed by atoms with Crippen LogP contribution in [0.1, 0.15) is 5.56 Å². The monoisotopic (exact) mass is 495 g/mol. The van der Waals surface area contributed by atoms with Crippen molar-refractivity contribution >= 4 is 62.6 Å². The van der Waals surface area contributed by atoms with Crippen LogP contribution in [0.4, 0.5) is 5.69 Å². The van der Waals surface area contributed by atoms with E-state index in [2.05, 4.69) is 10.5 Å². The minimum atomic E-state index is -4.03. The maximum atomic E-state index is 13.2. The predicted octanol–water partition coefficient (Wildman–Crippen LogP) is 4.99. The smallest absolute Gasteiger partial charge is 0.264 e. The Morgan fingerprint density at radius 3 is 2.23 bits per heavy atom. The molecule has 160 valence electrons. The van der Waals surface area contributed by atoms with Crippen LogP contribution in [-0.2, 0) is 14.8 Å². The lowest BCUT2D eigenvalue weighted by Crippen LogP contribution is -2.39. The number of halogens is 3. The maximum absolute atomic E-state index is 13.2. The summed E-state index contributed by atoms with van der Waals surface area (Å²) in [7, 11) is -4.03. The summed E-state index contributed by atoms with van der Waals surface area (Å²) in [4.78, 5) is 12.5. The van der Waals surface area contributed by atoms with Crippen molar-refractivity contribution < 1.29 is 13.2 Å². The van der Waals surface area contributed by atoms with E-state index >= 15 is 0 Å². The fourth-order valence-electron chi connectivity index (χ4n) is 2.59. The Hall–Kier alpha value is -2.58. The molecule has 31 heavy (non-hydrogen) atoms. The van der Waals surface area contributed by atoms with Gasteiger partial charge in [0.25, 0.3) is 15.9 Å². The molecule has 10 heteroatoms. The molecule has 0 aliphatic carbocycles. The number of nitrogens with one attached hydrogen (secondary N) is 1. The highest BCUT2D eigenvalue weighted by atomic mass is 35.5. The maximum Gasteiger partial charge on any atom is 0.264 e. The molecular weight excluding hydrogens is 481 g/mol. The number of para-hydroxylation sites is 1. The summed E-state index contributed by atoms with van der Waals surface area (Å²) in [5.41, 5.74) is 3.19. The zero-order chi connectivity index (χ0) is 22.4. The lowest BCUT2D eigenvalue weighted by molar-refractivity contribution is -0.119. The molecule has 1 N–H and O–H groups in total. The highest BCUT2D eigenvalue weighted by molar-refractivity contribution is 7.92. The third kappa shape index (κ3) is 5.98. The van der Waals surface area contributed by atoms with Gasteiger partial charge in [-0.3, -0.25) is 9.10 Å². The van der Waals surface area contributed by atoms with Gasteiger partial charge >= 0.3 is 0 Å². The fourth-order valence-corrected chi connectivity index (χ4v) is 4.59. The van der Waals surface area contributed by atoms with E-state index in [1.54, 1.807) is 48.5 Å². The molecule has 0 aliphatic heterocycles. The molecule has 3 rings (SSSR count). The van der Waals surface area contributed by atoms with Gasteiger partial charge in [0, 0.05) is 15.6 Å². The van der Waals surface area contributed by atoms with Gasteiger partial charge < -0.3 is 0 Å². The molecule has 0 saturated heterocycles. The van der Waals surface area contributed by atoms with E-state index in [4.69, 9.17) is 34.8 Å². The minimum Gasteiger partial charge on any atom is -0.271 e. The van der Waals surface area contributed by atoms with Crippen LogP contribution in [-0.4, -0.2) is 27.1 Å². The molecule has 3 aromatic carbocycles. The lowest BCUT2D eigenvalue weighted by atomic mass is 10.2. The molecule has 1 amide bonds. The van der Waals surface area contributed by atoms with E-state index in [9.17, 15) is 13.2 Å². The molecule has 0 fully saturated rings. The van der Waals surface area contributed by atoms with Gasteiger partial charge in [-0.25, -0.2) is 13.8 Å². The van der Waals surface area contributed by atoms with Gasteiger partial charge in [0.05, 0.1) is 21.8 Å². The molecule has 0 bridgehead atoms. The molecule has 6 nitrogen and oxygen atoms in total. The van der Waals surface area contributed by atoms with Crippen LogP contribution < -0.4 is 9.73 Å². The topological polar surface area (TPSA) is 78.8 Å². The van der Waals surface area contributed by atoms with Crippen LogP contribution in [0.2, 0.25) is 15.1 Å². The number of hydrogen-bond acceptors (Lipinski definition) is 4. The fraction of sp³-hybridized carbons (Fsp3) is 0.0476. The van der Waals surface area contributed by atoms with Crippen molar-refractivity contribution in [2.45, 2.75) is 4.90 Å². The Balaban J connectivity index is 1.81. The van der Waals surface area contributed by atoms with Crippen LogP contribution in [0.25, 0.3) is 0 Å². The van der Waals surface area contributed by atoms with Crippen molar-refractivity contribution in [3.63, 3.8) is 0 Å². The highest BCUT2D eigenvalue weighted by Crippen LogP contribution is 2.24. The Bertz CT molecular complexity index is 1200. The molecule has 0 aliphatic rings. The Morgan fingerprint density at radius 2 is 1.58 bits per heavy atom. The molecule has 0 unspecified atom stereocenters. The van der Waals surface area contributed by atoms with E-state index in [1.165, 1.54) is 30.5 Å². The number of anilines is 1. The largest absolute Gasteiger partial charge is 0.271 e. The van der Waals surface area contributed by atoms with E-state index in [0.29, 0.717) is 26.3 Å². The normalized spacial score (nSPS) is 11.5. The molecule has 0 atom stereocenters. The minimum absolute atomic E-state index is 0.00463. The molecule has 0 aromatic heterocycles. The average molecular weight is 497 g/mol. The number of nitrogens with zero attached hydrogens (tertiary/aromatic N) is 2. The average Bonchev–Trinajstić information content (AvgIpc) is 2.74. The number of carbonyl (C=O) groups excluding carboxylic acids is 1. The number of amides is 1. The summed E-state index contributed by atoms with van der Waals surface area (Å²) in [5, 5.41) is 5.09. The quantitative estimate of drug-likeness (QED) is 0.370. The molecular formula is C21H16Cl3N3O3S. The van der Waals surface area contributed by atoms with Gasteiger partial charge in [0.2, 0.25) is 0 Å². The van der Waals surface area contributed by atoms with Crippen LogP contribution in [0.15, 0.2) is 82.8 Å². The first kappa shape index (κ1) is 23.1. The Morgan fingerprint density at radius 1 is 0.935 bits per heavy atom. The van der Waals surface area contributed by atoms with E-state index < -0.39 is 22.5 Å². The number of sulfonamides is 1. The first-order valence-corrected chi connectivity index (χ1v) is 11.4. The zero-order valence-electron chi connectivity index (χ0n) is 15.9. The van der Waals surface area contributed by atoms with E-state index in [0.717, 1.165) is 4.31 Å². The van der Waals surface area contributed by atoms with Crippen molar-refractivity contribution in [3.8, 4) is 0 Å². The first-order valence-electron chi connectivity index (χ1n) is 8.88. The van der Waals surface area contributed by atoms with Gasteiger partial charge in [-0.15, -0.1) is 0 Å². The van der Waals surface area contributed by atoms with Gasteiger partial charge in [0.15, 0.2) is 0 Å². The Kier molecular flexibility index (Phi) is 7.56.